The van der Waals surface area contributed by atoms with Crippen molar-refractivity contribution in [1.29, 1.82) is 0 Å². The number of ether oxygens (including phenoxy) is 1. The van der Waals surface area contributed by atoms with Crippen LogP contribution in [0.2, 0.25) is 0 Å². The summed E-state index contributed by atoms with van der Waals surface area (Å²) in [5, 5.41) is 13.2. The van der Waals surface area contributed by atoms with Gasteiger partial charge in [-0.3, -0.25) is 9.80 Å². The van der Waals surface area contributed by atoms with Crippen molar-refractivity contribution in [2.24, 2.45) is 0 Å². The third kappa shape index (κ3) is 5.58. The summed E-state index contributed by atoms with van der Waals surface area (Å²) in [6.45, 7) is 0. The zero-order chi connectivity index (χ0) is 27.4. The van der Waals surface area contributed by atoms with Crippen LogP contribution in [-0.4, -0.2) is 0 Å². The molecule has 0 aliphatic heterocycles. The van der Waals surface area contributed by atoms with Crippen LogP contribution < -0.4 is 14.5 Å². The molecule has 7 heteroatoms. The lowest BCUT2D eigenvalue weighted by Crippen LogP contribution is -2.06. The average Bonchev–Trinajstić information content (AvgIpc) is 3.83. The van der Waals surface area contributed by atoms with Gasteiger partial charge in [0.2, 0.25) is 0 Å². The molecule has 6 aromatic rings. The lowest BCUT2D eigenvalue weighted by molar-refractivity contribution is 0.483. The van der Waals surface area contributed by atoms with E-state index in [1.54, 1.807) is 45.3 Å². The number of thiophene rings is 4. The molecule has 0 bridgehead atoms. The molecule has 0 fully saturated rings. The maximum atomic E-state index is 6.18. The number of nitrogens with zero attached hydrogens (tertiary/aromatic N) is 2. The van der Waals surface area contributed by atoms with Gasteiger partial charge in [-0.25, -0.2) is 0 Å². The summed E-state index contributed by atoms with van der Waals surface area (Å²) in [6.07, 6.45) is 0. The zero-order valence-electron chi connectivity index (χ0n) is 21.8. The van der Waals surface area contributed by atoms with Crippen LogP contribution in [0, 0.1) is 0 Å². The van der Waals surface area contributed by atoms with E-state index >= 15 is 0 Å². The predicted octanol–water partition coefficient (Wildman–Crippen LogP) is 12.3. The fourth-order valence-electron chi connectivity index (χ4n) is 4.44. The van der Waals surface area contributed by atoms with Gasteiger partial charge < -0.3 is 4.74 Å². The molecule has 2 aliphatic carbocycles. The highest BCUT2D eigenvalue weighted by atomic mass is 32.1. The van der Waals surface area contributed by atoms with Gasteiger partial charge in [-0.05, 0) is 130 Å². The molecule has 200 valence electrons. The second-order valence-electron chi connectivity index (χ2n) is 9.14. The molecule has 3 nitrogen and oxygen atoms in total. The SMILES string of the molecule is c1cc2ccc1-2.c1csc(N(c2ccc(Oc3ccc(N(c4cccs4)c4cccs4)cc3)cc2)c2cccs2)c1. The topological polar surface area (TPSA) is 15.7 Å². The van der Waals surface area contributed by atoms with E-state index in [1.165, 1.54) is 31.1 Å². The maximum Gasteiger partial charge on any atom is 0.127 e. The first-order valence-electron chi connectivity index (χ1n) is 13.0. The zero-order valence-corrected chi connectivity index (χ0v) is 25.1. The van der Waals surface area contributed by atoms with Gasteiger partial charge in [0.25, 0.3) is 0 Å². The first kappa shape index (κ1) is 25.8. The quantitative estimate of drug-likeness (QED) is 0.172. The Balaban J connectivity index is 0.000000403. The van der Waals surface area contributed by atoms with Crippen LogP contribution >= 0.6 is 45.3 Å². The van der Waals surface area contributed by atoms with Crippen molar-refractivity contribution in [2.45, 2.75) is 0 Å². The van der Waals surface area contributed by atoms with Crippen molar-refractivity contribution in [1.82, 2.24) is 0 Å². The first-order chi connectivity index (χ1) is 20.3. The van der Waals surface area contributed by atoms with Crippen LogP contribution in [0.15, 0.2) is 143 Å². The van der Waals surface area contributed by atoms with Crippen LogP contribution in [0.5, 0.6) is 11.5 Å². The second-order valence-corrected chi connectivity index (χ2v) is 12.8. The van der Waals surface area contributed by atoms with Crippen LogP contribution in [-0.2, 0) is 0 Å². The van der Waals surface area contributed by atoms with Gasteiger partial charge in [0.1, 0.15) is 31.5 Å². The average molecular weight is 605 g/mol. The van der Waals surface area contributed by atoms with Gasteiger partial charge in [-0.2, -0.15) is 0 Å². The summed E-state index contributed by atoms with van der Waals surface area (Å²) in [4.78, 5) is 4.55. The summed E-state index contributed by atoms with van der Waals surface area (Å²) >= 11 is 6.92. The smallest absolute Gasteiger partial charge is 0.127 e. The number of hydrogen-bond donors (Lipinski definition) is 0. The Labute approximate surface area is 255 Å². The Kier molecular flexibility index (Phi) is 7.40. The third-order valence-electron chi connectivity index (χ3n) is 6.55. The third-order valence-corrected chi connectivity index (χ3v) is 9.96. The highest BCUT2D eigenvalue weighted by Crippen LogP contribution is 2.42. The number of benzene rings is 3. The molecular formula is C34H24N2OS4. The fraction of sp³-hybridized carbons (Fsp3) is 0. The Hall–Kier alpha value is -4.14. The lowest BCUT2D eigenvalue weighted by Gasteiger charge is -2.22. The molecule has 0 saturated carbocycles. The first-order valence-corrected chi connectivity index (χ1v) is 16.6. The van der Waals surface area contributed by atoms with E-state index in [0.717, 1.165) is 22.9 Å². The summed E-state index contributed by atoms with van der Waals surface area (Å²) in [5.41, 5.74) is 5.07. The number of fused-ring (bicyclic) bond motifs is 1. The normalized spacial score (nSPS) is 10.9. The maximum absolute atomic E-state index is 6.18. The number of hydrogen-bond acceptors (Lipinski definition) is 7. The van der Waals surface area contributed by atoms with Gasteiger partial charge in [0, 0.05) is 11.4 Å². The molecule has 0 spiro atoms. The standard InChI is InChI=1S/C28H20N2OS4.C6H4/c1-5-25(32-17-1)29(26-6-2-18-33-26)21-9-13-23(14-10-21)31-24-15-11-22(12-16-24)30(27-7-3-19-34-27)28-8-4-20-35-28;1-2-6-4-3-5(1)6/h1-20H;1-4H. The van der Waals surface area contributed by atoms with Crippen molar-refractivity contribution < 1.29 is 4.74 Å². The monoisotopic (exact) mass is 604 g/mol. The number of rotatable bonds is 8. The Morgan fingerprint density at radius 2 is 0.683 bits per heavy atom. The van der Waals surface area contributed by atoms with Crippen molar-refractivity contribution in [3.8, 4) is 22.6 Å². The van der Waals surface area contributed by atoms with Gasteiger partial charge >= 0.3 is 0 Å². The summed E-state index contributed by atoms with van der Waals surface area (Å²) < 4.78 is 6.18. The van der Waals surface area contributed by atoms with Crippen molar-refractivity contribution >= 4 is 76.7 Å². The minimum Gasteiger partial charge on any atom is -0.457 e. The van der Waals surface area contributed by atoms with Crippen LogP contribution in [0.1, 0.15) is 0 Å². The highest BCUT2D eigenvalue weighted by Gasteiger charge is 2.16. The van der Waals surface area contributed by atoms with Gasteiger partial charge in [0.15, 0.2) is 0 Å². The number of anilines is 6. The molecule has 4 aromatic heterocycles. The molecule has 4 heterocycles. The lowest BCUT2D eigenvalue weighted by atomic mass is 9.95. The summed E-state index contributed by atoms with van der Waals surface area (Å²) in [6, 6.07) is 41.9. The van der Waals surface area contributed by atoms with E-state index in [4.69, 9.17) is 4.74 Å². The molecule has 0 N–H and O–H groups in total. The molecule has 0 unspecified atom stereocenters. The minimum absolute atomic E-state index is 0.812. The highest BCUT2D eigenvalue weighted by molar-refractivity contribution is 7.17. The summed E-state index contributed by atoms with van der Waals surface area (Å²) in [5.74, 6) is 1.62. The van der Waals surface area contributed by atoms with Crippen molar-refractivity contribution in [3.05, 3.63) is 143 Å². The molecule has 8 rings (SSSR count). The van der Waals surface area contributed by atoms with Crippen molar-refractivity contribution in [3.63, 3.8) is 0 Å². The molecule has 0 saturated heterocycles. The van der Waals surface area contributed by atoms with E-state index in [9.17, 15) is 0 Å². The van der Waals surface area contributed by atoms with Crippen LogP contribution in [0.3, 0.4) is 0 Å². The predicted molar refractivity (Wildman–Crippen MR) is 179 cm³/mol. The molecule has 2 aromatic carbocycles. The molecule has 41 heavy (non-hydrogen) atoms. The fourth-order valence-corrected chi connectivity index (χ4v) is 7.61. The van der Waals surface area contributed by atoms with Crippen LogP contribution in [0.25, 0.3) is 11.1 Å². The van der Waals surface area contributed by atoms with Gasteiger partial charge in [-0.15, -0.1) is 45.3 Å². The molecule has 0 radical (unpaired) electrons. The Bertz CT molecular complexity index is 1570. The molecule has 2 aliphatic rings. The van der Waals surface area contributed by atoms with E-state index in [2.05, 4.69) is 128 Å². The minimum atomic E-state index is 0.812. The van der Waals surface area contributed by atoms with Crippen molar-refractivity contribution in [2.75, 3.05) is 9.80 Å². The van der Waals surface area contributed by atoms with Crippen LogP contribution in [0.4, 0.5) is 31.4 Å². The van der Waals surface area contributed by atoms with E-state index in [1.807, 2.05) is 24.3 Å². The Morgan fingerprint density at radius 1 is 0.366 bits per heavy atom. The van der Waals surface area contributed by atoms with E-state index in [-0.39, 0.29) is 0 Å². The van der Waals surface area contributed by atoms with E-state index < -0.39 is 0 Å². The Morgan fingerprint density at radius 3 is 0.902 bits per heavy atom. The largest absolute Gasteiger partial charge is 0.457 e. The molecule has 0 atom stereocenters. The van der Waals surface area contributed by atoms with E-state index in [0.29, 0.717) is 0 Å². The summed E-state index contributed by atoms with van der Waals surface area (Å²) in [7, 11) is 0. The molecular weight excluding hydrogens is 581 g/mol. The second kappa shape index (κ2) is 11.8. The van der Waals surface area contributed by atoms with Gasteiger partial charge in [-0.1, -0.05) is 24.3 Å². The molecule has 0 amide bonds. The van der Waals surface area contributed by atoms with Gasteiger partial charge in [0.05, 0.1) is 0 Å².